The van der Waals surface area contributed by atoms with Gasteiger partial charge in [-0.3, -0.25) is 9.79 Å². The van der Waals surface area contributed by atoms with Crippen molar-refractivity contribution >= 4 is 17.8 Å². The molecule has 1 aliphatic carbocycles. The second-order valence-electron chi connectivity index (χ2n) is 7.44. The van der Waals surface area contributed by atoms with Crippen molar-refractivity contribution in [3.8, 4) is 12.3 Å². The molecule has 0 aromatic heterocycles. The van der Waals surface area contributed by atoms with Crippen LogP contribution in [0.2, 0.25) is 0 Å². The summed E-state index contributed by atoms with van der Waals surface area (Å²) in [5.41, 5.74) is 6.53. The zero-order valence-electron chi connectivity index (χ0n) is 14.6. The van der Waals surface area contributed by atoms with Gasteiger partial charge in [0.2, 0.25) is 0 Å². The first-order chi connectivity index (χ1) is 12.7. The molecule has 1 fully saturated rings. The predicted molar refractivity (Wildman–Crippen MR) is 103 cm³/mol. The molecule has 128 valence electrons. The molecule has 3 heteroatoms. The van der Waals surface area contributed by atoms with Gasteiger partial charge in [0.25, 0.3) is 5.91 Å². The third-order valence-electron chi connectivity index (χ3n) is 6.05. The van der Waals surface area contributed by atoms with E-state index in [1.54, 1.807) is 0 Å². The Bertz CT molecular complexity index is 982. The number of terminal acetylenes is 1. The highest BCUT2D eigenvalue weighted by Gasteiger charge is 2.41. The SMILES string of the molecule is C#Cc1ccc2c(c1)[C@H]1CCCN(C(=O)c3ccc4c(c3)N=CC4)[C@H]1C2. The summed E-state index contributed by atoms with van der Waals surface area (Å²) in [6.07, 6.45) is 11.5. The van der Waals surface area contributed by atoms with E-state index in [9.17, 15) is 4.79 Å². The third-order valence-corrected chi connectivity index (χ3v) is 6.05. The van der Waals surface area contributed by atoms with Crippen LogP contribution in [0.15, 0.2) is 41.4 Å². The lowest BCUT2D eigenvalue weighted by atomic mass is 9.87. The zero-order chi connectivity index (χ0) is 17.7. The minimum absolute atomic E-state index is 0.134. The van der Waals surface area contributed by atoms with Crippen LogP contribution in [0.3, 0.4) is 0 Å². The van der Waals surface area contributed by atoms with Crippen LogP contribution in [-0.4, -0.2) is 29.6 Å². The van der Waals surface area contributed by atoms with Crippen LogP contribution in [0.1, 0.15) is 51.4 Å². The molecule has 0 bridgehead atoms. The first-order valence-electron chi connectivity index (χ1n) is 9.30. The molecule has 1 saturated heterocycles. The highest BCUT2D eigenvalue weighted by atomic mass is 16.2. The summed E-state index contributed by atoms with van der Waals surface area (Å²) in [6.45, 7) is 0.830. The Hall–Kier alpha value is -2.86. The number of carbonyl (C=O) groups is 1. The smallest absolute Gasteiger partial charge is 0.254 e. The fraction of sp³-hybridized carbons (Fsp3) is 0.304. The maximum Gasteiger partial charge on any atom is 0.254 e. The molecule has 0 N–H and O–H groups in total. The van der Waals surface area contributed by atoms with Crippen molar-refractivity contribution in [3.05, 3.63) is 64.2 Å². The van der Waals surface area contributed by atoms with E-state index in [4.69, 9.17) is 6.42 Å². The Morgan fingerprint density at radius 2 is 2.08 bits per heavy atom. The number of piperidine rings is 1. The molecule has 2 atom stereocenters. The second kappa shape index (κ2) is 5.85. The minimum Gasteiger partial charge on any atom is -0.335 e. The maximum atomic E-state index is 13.3. The minimum atomic E-state index is 0.134. The summed E-state index contributed by atoms with van der Waals surface area (Å²) >= 11 is 0. The van der Waals surface area contributed by atoms with E-state index in [-0.39, 0.29) is 11.9 Å². The molecule has 26 heavy (non-hydrogen) atoms. The second-order valence-corrected chi connectivity index (χ2v) is 7.44. The Morgan fingerprint density at radius 1 is 1.19 bits per heavy atom. The van der Waals surface area contributed by atoms with Crippen LogP contribution < -0.4 is 0 Å². The molecule has 2 heterocycles. The fourth-order valence-corrected chi connectivity index (χ4v) is 4.76. The van der Waals surface area contributed by atoms with Gasteiger partial charge >= 0.3 is 0 Å². The summed E-state index contributed by atoms with van der Waals surface area (Å²) in [5, 5.41) is 0. The lowest BCUT2D eigenvalue weighted by Gasteiger charge is -2.38. The summed E-state index contributed by atoms with van der Waals surface area (Å²) < 4.78 is 0. The number of likely N-dealkylation sites (tertiary alicyclic amines) is 1. The summed E-state index contributed by atoms with van der Waals surface area (Å²) in [7, 11) is 0. The van der Waals surface area contributed by atoms with E-state index in [0.29, 0.717) is 5.92 Å². The van der Waals surface area contributed by atoms with Crippen LogP contribution in [-0.2, 0) is 12.8 Å². The Kier molecular flexibility index (Phi) is 3.46. The normalized spacial score (nSPS) is 22.5. The standard InChI is InChI=1S/C23H20N2O/c1-2-15-5-6-17-14-22-19(20(17)12-15)4-3-11-25(22)23(26)18-8-7-16-9-10-24-21(16)13-18/h1,5-8,10,12-13,19,22H,3-4,9,11,14H2/t19-,22+/m1/s1. The fourth-order valence-electron chi connectivity index (χ4n) is 4.76. The van der Waals surface area contributed by atoms with Crippen molar-refractivity contribution in [2.24, 2.45) is 4.99 Å². The largest absolute Gasteiger partial charge is 0.335 e. The molecule has 1 amide bonds. The summed E-state index contributed by atoms with van der Waals surface area (Å²) in [6, 6.07) is 12.5. The van der Waals surface area contributed by atoms with E-state index in [0.717, 1.165) is 49.0 Å². The van der Waals surface area contributed by atoms with Crippen molar-refractivity contribution in [1.82, 2.24) is 4.90 Å². The Labute approximate surface area is 153 Å². The van der Waals surface area contributed by atoms with Gasteiger partial charge in [-0.15, -0.1) is 6.42 Å². The molecule has 5 rings (SSSR count). The average Bonchev–Trinajstić information content (AvgIpc) is 3.30. The van der Waals surface area contributed by atoms with Crippen molar-refractivity contribution in [2.45, 2.75) is 37.6 Å². The van der Waals surface area contributed by atoms with Gasteiger partial charge in [0, 0.05) is 42.3 Å². The van der Waals surface area contributed by atoms with Crippen LogP contribution in [0.25, 0.3) is 0 Å². The van der Waals surface area contributed by atoms with Gasteiger partial charge in [-0.1, -0.05) is 18.1 Å². The highest BCUT2D eigenvalue weighted by Crippen LogP contribution is 2.43. The monoisotopic (exact) mass is 340 g/mol. The van der Waals surface area contributed by atoms with E-state index in [1.165, 1.54) is 16.7 Å². The zero-order valence-corrected chi connectivity index (χ0v) is 14.6. The van der Waals surface area contributed by atoms with E-state index in [2.05, 4.69) is 27.9 Å². The lowest BCUT2D eigenvalue weighted by molar-refractivity contribution is 0.0595. The van der Waals surface area contributed by atoms with Crippen molar-refractivity contribution in [3.63, 3.8) is 0 Å². The molecule has 2 aromatic rings. The van der Waals surface area contributed by atoms with Gasteiger partial charge in [0.1, 0.15) is 0 Å². The molecular weight excluding hydrogens is 320 g/mol. The average molecular weight is 340 g/mol. The Balaban J connectivity index is 1.46. The van der Waals surface area contributed by atoms with Gasteiger partial charge in [0.15, 0.2) is 0 Å². The number of rotatable bonds is 1. The molecule has 2 aromatic carbocycles. The van der Waals surface area contributed by atoms with Crippen LogP contribution in [0.4, 0.5) is 5.69 Å². The van der Waals surface area contributed by atoms with Gasteiger partial charge in [0.05, 0.1) is 5.69 Å². The van der Waals surface area contributed by atoms with E-state index in [1.807, 2.05) is 30.5 Å². The predicted octanol–water partition coefficient (Wildman–Crippen LogP) is 3.87. The van der Waals surface area contributed by atoms with Crippen LogP contribution in [0.5, 0.6) is 0 Å². The van der Waals surface area contributed by atoms with Gasteiger partial charge in [-0.25, -0.2) is 0 Å². The number of aliphatic imine (C=N–C) groups is 1. The van der Waals surface area contributed by atoms with Crippen LogP contribution in [0, 0.1) is 12.3 Å². The van der Waals surface area contributed by atoms with Crippen molar-refractivity contribution in [1.29, 1.82) is 0 Å². The highest BCUT2D eigenvalue weighted by molar-refractivity contribution is 5.96. The summed E-state index contributed by atoms with van der Waals surface area (Å²) in [5.74, 6) is 3.28. The number of fused-ring (bicyclic) bond motifs is 4. The molecule has 0 saturated carbocycles. The molecule has 2 aliphatic heterocycles. The van der Waals surface area contributed by atoms with Gasteiger partial charge < -0.3 is 4.90 Å². The number of nitrogens with zero attached hydrogens (tertiary/aromatic N) is 2. The number of hydrogen-bond donors (Lipinski definition) is 0. The maximum absolute atomic E-state index is 13.3. The first kappa shape index (κ1) is 15.4. The Morgan fingerprint density at radius 3 is 2.96 bits per heavy atom. The molecule has 0 spiro atoms. The quantitative estimate of drug-likeness (QED) is 0.725. The number of amides is 1. The van der Waals surface area contributed by atoms with Crippen LogP contribution >= 0.6 is 0 Å². The molecule has 3 nitrogen and oxygen atoms in total. The number of benzene rings is 2. The summed E-state index contributed by atoms with van der Waals surface area (Å²) in [4.78, 5) is 19.7. The molecule has 0 unspecified atom stereocenters. The third kappa shape index (κ3) is 2.29. The van der Waals surface area contributed by atoms with E-state index < -0.39 is 0 Å². The molecule has 3 aliphatic rings. The topological polar surface area (TPSA) is 32.7 Å². The molecule has 0 radical (unpaired) electrons. The first-order valence-corrected chi connectivity index (χ1v) is 9.30. The van der Waals surface area contributed by atoms with Gasteiger partial charge in [-0.05, 0) is 60.2 Å². The van der Waals surface area contributed by atoms with Gasteiger partial charge in [-0.2, -0.15) is 0 Å². The number of carbonyl (C=O) groups excluding carboxylic acids is 1. The lowest BCUT2D eigenvalue weighted by Crippen LogP contribution is -2.46. The van der Waals surface area contributed by atoms with E-state index >= 15 is 0 Å². The van der Waals surface area contributed by atoms with Crippen molar-refractivity contribution < 1.29 is 4.79 Å². The molecular formula is C23H20N2O. The van der Waals surface area contributed by atoms with Crippen molar-refractivity contribution in [2.75, 3.05) is 6.54 Å². The number of hydrogen-bond acceptors (Lipinski definition) is 2.